The topological polar surface area (TPSA) is 68.8 Å². The van der Waals surface area contributed by atoms with Gasteiger partial charge < -0.3 is 24.8 Å². The number of thiocarbonyl (C=S) groups is 1. The lowest BCUT2D eigenvalue weighted by Crippen LogP contribution is -2.21. The molecular formula is C18H20N2O4S. The second-order valence-electron chi connectivity index (χ2n) is 4.91. The summed E-state index contributed by atoms with van der Waals surface area (Å²) in [5.74, 6) is 0.853. The van der Waals surface area contributed by atoms with Crippen LogP contribution in [0.3, 0.4) is 0 Å². The second-order valence-corrected chi connectivity index (χ2v) is 5.32. The molecule has 6 nitrogen and oxygen atoms in total. The summed E-state index contributed by atoms with van der Waals surface area (Å²) in [4.78, 5) is 12.0. The van der Waals surface area contributed by atoms with Crippen LogP contribution in [0, 0.1) is 0 Å². The molecule has 2 N–H and O–H groups in total. The van der Waals surface area contributed by atoms with Crippen molar-refractivity contribution in [2.24, 2.45) is 0 Å². The van der Waals surface area contributed by atoms with Crippen LogP contribution in [0.15, 0.2) is 42.5 Å². The van der Waals surface area contributed by atoms with Crippen LogP contribution in [0.1, 0.15) is 17.3 Å². The maximum Gasteiger partial charge on any atom is 0.340 e. The first-order valence-corrected chi connectivity index (χ1v) is 8.06. The van der Waals surface area contributed by atoms with Gasteiger partial charge in [0.1, 0.15) is 11.5 Å². The highest BCUT2D eigenvalue weighted by Gasteiger charge is 2.13. The predicted molar refractivity (Wildman–Crippen MR) is 102 cm³/mol. The van der Waals surface area contributed by atoms with Crippen molar-refractivity contribution < 1.29 is 19.0 Å². The summed E-state index contributed by atoms with van der Waals surface area (Å²) in [6.07, 6.45) is 0. The lowest BCUT2D eigenvalue weighted by Gasteiger charge is -2.15. The van der Waals surface area contributed by atoms with Crippen LogP contribution in [0.5, 0.6) is 11.5 Å². The molecule has 0 heterocycles. The van der Waals surface area contributed by atoms with Crippen LogP contribution in [0.25, 0.3) is 0 Å². The quantitative estimate of drug-likeness (QED) is 0.601. The molecule has 0 saturated carbocycles. The number of rotatable bonds is 6. The van der Waals surface area contributed by atoms with E-state index in [0.29, 0.717) is 40.2 Å². The van der Waals surface area contributed by atoms with Gasteiger partial charge in [0, 0.05) is 6.07 Å². The summed E-state index contributed by atoms with van der Waals surface area (Å²) in [5, 5.41) is 6.38. The molecule has 0 amide bonds. The molecule has 0 aromatic heterocycles. The molecule has 2 rings (SSSR count). The fraction of sp³-hybridized carbons (Fsp3) is 0.222. The minimum Gasteiger partial charge on any atom is -0.497 e. The number of para-hydroxylation sites is 1. The van der Waals surface area contributed by atoms with Gasteiger partial charge in [0.15, 0.2) is 5.11 Å². The third-order valence-electron chi connectivity index (χ3n) is 3.33. The lowest BCUT2D eigenvalue weighted by molar-refractivity contribution is 0.0527. The smallest absolute Gasteiger partial charge is 0.340 e. The standard InChI is InChI=1S/C18H20N2O4S/c1-4-24-17(21)13-7-5-6-8-14(13)19-18(25)20-15-10-9-12(22-2)11-16(15)23-3/h5-11H,4H2,1-3H3,(H2,19,20,25). The Labute approximate surface area is 152 Å². The van der Waals surface area contributed by atoms with Gasteiger partial charge in [-0.25, -0.2) is 4.79 Å². The van der Waals surface area contributed by atoms with Crippen LogP contribution < -0.4 is 20.1 Å². The van der Waals surface area contributed by atoms with Crippen molar-refractivity contribution in [3.05, 3.63) is 48.0 Å². The van der Waals surface area contributed by atoms with Gasteiger partial charge in [0.25, 0.3) is 0 Å². The van der Waals surface area contributed by atoms with E-state index in [9.17, 15) is 4.79 Å². The molecule has 132 valence electrons. The van der Waals surface area contributed by atoms with E-state index in [1.165, 1.54) is 0 Å². The highest BCUT2D eigenvalue weighted by molar-refractivity contribution is 7.80. The Hall–Kier alpha value is -2.80. The number of esters is 1. The Balaban J connectivity index is 2.15. The number of ether oxygens (including phenoxy) is 3. The van der Waals surface area contributed by atoms with E-state index in [4.69, 9.17) is 26.4 Å². The highest BCUT2D eigenvalue weighted by atomic mass is 32.1. The Morgan fingerprint density at radius 2 is 1.76 bits per heavy atom. The number of carbonyl (C=O) groups excluding carboxylic acids is 1. The van der Waals surface area contributed by atoms with Crippen LogP contribution in [0.2, 0.25) is 0 Å². The summed E-state index contributed by atoms with van der Waals surface area (Å²) < 4.78 is 15.6. The maximum absolute atomic E-state index is 12.0. The molecule has 0 atom stereocenters. The third-order valence-corrected chi connectivity index (χ3v) is 3.53. The fourth-order valence-corrected chi connectivity index (χ4v) is 2.38. The monoisotopic (exact) mass is 360 g/mol. The first-order valence-electron chi connectivity index (χ1n) is 7.65. The third kappa shape index (κ3) is 4.84. The lowest BCUT2D eigenvalue weighted by atomic mass is 10.2. The summed E-state index contributed by atoms with van der Waals surface area (Å²) in [6, 6.07) is 12.3. The molecule has 0 aliphatic rings. The predicted octanol–water partition coefficient (Wildman–Crippen LogP) is 3.69. The Morgan fingerprint density at radius 1 is 1.04 bits per heavy atom. The van der Waals surface area contributed by atoms with E-state index >= 15 is 0 Å². The molecule has 0 radical (unpaired) electrons. The van der Waals surface area contributed by atoms with Gasteiger partial charge in [0.05, 0.1) is 37.8 Å². The molecule has 7 heteroatoms. The van der Waals surface area contributed by atoms with E-state index in [-0.39, 0.29) is 0 Å². The number of hydrogen-bond acceptors (Lipinski definition) is 5. The molecule has 0 aliphatic heterocycles. The van der Waals surface area contributed by atoms with E-state index in [0.717, 1.165) is 0 Å². The Bertz CT molecular complexity index is 764. The SMILES string of the molecule is CCOC(=O)c1ccccc1NC(=S)Nc1ccc(OC)cc1OC. The fourth-order valence-electron chi connectivity index (χ4n) is 2.16. The maximum atomic E-state index is 12.0. The molecule has 0 saturated heterocycles. The highest BCUT2D eigenvalue weighted by Crippen LogP contribution is 2.29. The molecule has 25 heavy (non-hydrogen) atoms. The molecule has 0 unspecified atom stereocenters. The number of hydrogen-bond donors (Lipinski definition) is 2. The number of methoxy groups -OCH3 is 2. The van der Waals surface area contributed by atoms with Gasteiger partial charge in [-0.15, -0.1) is 0 Å². The molecule has 2 aromatic carbocycles. The van der Waals surface area contributed by atoms with Crippen LogP contribution >= 0.6 is 12.2 Å². The molecule has 0 spiro atoms. The van der Waals surface area contributed by atoms with Gasteiger partial charge >= 0.3 is 5.97 Å². The van der Waals surface area contributed by atoms with Crippen molar-refractivity contribution in [2.45, 2.75) is 6.92 Å². The summed E-state index contributed by atoms with van der Waals surface area (Å²) >= 11 is 5.34. The second kappa shape index (κ2) is 8.89. The van der Waals surface area contributed by atoms with Crippen LogP contribution in [0.4, 0.5) is 11.4 Å². The van der Waals surface area contributed by atoms with Gasteiger partial charge in [-0.2, -0.15) is 0 Å². The van der Waals surface area contributed by atoms with Gasteiger partial charge in [-0.05, 0) is 43.4 Å². The van der Waals surface area contributed by atoms with Gasteiger partial charge in [-0.3, -0.25) is 0 Å². The zero-order valence-corrected chi connectivity index (χ0v) is 15.1. The Morgan fingerprint density at radius 3 is 2.44 bits per heavy atom. The molecular weight excluding hydrogens is 340 g/mol. The van der Waals surface area contributed by atoms with Crippen molar-refractivity contribution in [2.75, 3.05) is 31.5 Å². The number of benzene rings is 2. The van der Waals surface area contributed by atoms with Crippen molar-refractivity contribution in [3.8, 4) is 11.5 Å². The van der Waals surface area contributed by atoms with Gasteiger partial charge in [-0.1, -0.05) is 12.1 Å². The van der Waals surface area contributed by atoms with E-state index in [1.54, 1.807) is 57.5 Å². The minimum absolute atomic E-state index is 0.304. The first kappa shape index (κ1) is 18.5. The average Bonchev–Trinajstić information content (AvgIpc) is 2.62. The van der Waals surface area contributed by atoms with Crippen molar-refractivity contribution in [1.29, 1.82) is 0 Å². The molecule has 0 aliphatic carbocycles. The minimum atomic E-state index is -0.407. The molecule has 0 fully saturated rings. The van der Waals surface area contributed by atoms with E-state index < -0.39 is 5.97 Å². The summed E-state index contributed by atoms with van der Waals surface area (Å²) in [7, 11) is 3.15. The van der Waals surface area contributed by atoms with E-state index in [1.807, 2.05) is 6.07 Å². The number of anilines is 2. The molecule has 0 bridgehead atoms. The normalized spacial score (nSPS) is 9.88. The zero-order chi connectivity index (χ0) is 18.2. The zero-order valence-electron chi connectivity index (χ0n) is 14.3. The first-order chi connectivity index (χ1) is 12.1. The largest absolute Gasteiger partial charge is 0.497 e. The van der Waals surface area contributed by atoms with E-state index in [2.05, 4.69) is 10.6 Å². The van der Waals surface area contributed by atoms with Crippen LogP contribution in [-0.4, -0.2) is 31.9 Å². The Kier molecular flexibility index (Phi) is 6.59. The van der Waals surface area contributed by atoms with Crippen LogP contribution in [-0.2, 0) is 4.74 Å². The van der Waals surface area contributed by atoms with Crippen molar-refractivity contribution in [1.82, 2.24) is 0 Å². The van der Waals surface area contributed by atoms with Gasteiger partial charge in [0.2, 0.25) is 0 Å². The molecule has 2 aromatic rings. The summed E-state index contributed by atoms with van der Waals surface area (Å²) in [5.41, 5.74) is 1.65. The summed E-state index contributed by atoms with van der Waals surface area (Å²) in [6.45, 7) is 2.06. The number of nitrogens with one attached hydrogen (secondary N) is 2. The average molecular weight is 360 g/mol. The number of carbonyl (C=O) groups is 1. The van der Waals surface area contributed by atoms with Crippen molar-refractivity contribution >= 4 is 34.7 Å². The van der Waals surface area contributed by atoms with Crippen molar-refractivity contribution in [3.63, 3.8) is 0 Å².